The van der Waals surface area contributed by atoms with Crippen LogP contribution in [0.25, 0.3) is 0 Å². The monoisotopic (exact) mass is 285 g/mol. The quantitative estimate of drug-likeness (QED) is 0.940. The molecule has 2 rings (SSSR count). The molecule has 2 aromatic rings. The highest BCUT2D eigenvalue weighted by Gasteiger charge is 2.24. The normalized spacial score (nSPS) is 14.4. The first-order valence-corrected chi connectivity index (χ1v) is 6.36. The summed E-state index contributed by atoms with van der Waals surface area (Å²) in [7, 11) is 0. The summed E-state index contributed by atoms with van der Waals surface area (Å²) >= 11 is 12.1. The number of rotatable bonds is 4. The number of halogens is 2. The minimum Gasteiger partial charge on any atom is -0.391 e. The van der Waals surface area contributed by atoms with Crippen LogP contribution in [0.4, 0.5) is 0 Å². The Bertz CT molecular complexity index is 516. The second-order valence-electron chi connectivity index (χ2n) is 3.96. The maximum absolute atomic E-state index is 10.2. The third-order valence-electron chi connectivity index (χ3n) is 2.79. The fourth-order valence-corrected chi connectivity index (χ4v) is 2.37. The minimum atomic E-state index is -0.592. The number of benzene rings is 1. The van der Waals surface area contributed by atoms with Crippen LogP contribution in [-0.4, -0.2) is 26.0 Å². The Labute approximate surface area is 115 Å². The lowest BCUT2D eigenvalue weighted by atomic mass is 10.00. The molecule has 1 aromatic carbocycles. The van der Waals surface area contributed by atoms with Gasteiger partial charge in [-0.2, -0.15) is 5.10 Å². The number of nitrogens with zero attached hydrogens (tertiary/aromatic N) is 3. The molecule has 1 aromatic heterocycles. The van der Waals surface area contributed by atoms with Gasteiger partial charge in [-0.3, -0.25) is 0 Å². The summed E-state index contributed by atoms with van der Waals surface area (Å²) < 4.78 is 1.60. The van der Waals surface area contributed by atoms with E-state index >= 15 is 0 Å². The lowest BCUT2D eigenvalue weighted by Gasteiger charge is -2.23. The highest BCUT2D eigenvalue weighted by atomic mass is 35.5. The third kappa shape index (κ3) is 2.66. The molecular weight excluding hydrogens is 273 g/mol. The van der Waals surface area contributed by atoms with Crippen molar-refractivity contribution in [3.63, 3.8) is 0 Å². The van der Waals surface area contributed by atoms with Crippen LogP contribution in [0.1, 0.15) is 24.9 Å². The molecule has 4 nitrogen and oxygen atoms in total. The van der Waals surface area contributed by atoms with Crippen molar-refractivity contribution in [1.82, 2.24) is 14.8 Å². The van der Waals surface area contributed by atoms with Crippen LogP contribution in [-0.2, 0) is 0 Å². The molecule has 0 saturated carbocycles. The first-order chi connectivity index (χ1) is 8.63. The van der Waals surface area contributed by atoms with Gasteiger partial charge in [0.25, 0.3) is 0 Å². The Kier molecular flexibility index (Phi) is 4.22. The van der Waals surface area contributed by atoms with E-state index in [4.69, 9.17) is 23.2 Å². The van der Waals surface area contributed by atoms with Gasteiger partial charge in [0.2, 0.25) is 0 Å². The Morgan fingerprint density at radius 1 is 1.39 bits per heavy atom. The molecule has 18 heavy (non-hydrogen) atoms. The van der Waals surface area contributed by atoms with Gasteiger partial charge in [0.05, 0.1) is 6.10 Å². The number of aromatic nitrogens is 3. The summed E-state index contributed by atoms with van der Waals surface area (Å²) in [5, 5.41) is 15.3. The molecule has 1 heterocycles. The molecule has 6 heteroatoms. The molecule has 0 aliphatic carbocycles. The molecule has 2 atom stereocenters. The molecule has 96 valence electrons. The topological polar surface area (TPSA) is 50.9 Å². The van der Waals surface area contributed by atoms with Gasteiger partial charge in [-0.15, -0.1) is 0 Å². The van der Waals surface area contributed by atoms with E-state index in [1.807, 2.05) is 6.92 Å². The fraction of sp³-hybridized carbons (Fsp3) is 0.333. The van der Waals surface area contributed by atoms with Crippen LogP contribution >= 0.6 is 23.2 Å². The number of aliphatic hydroxyl groups is 1. The van der Waals surface area contributed by atoms with Crippen molar-refractivity contribution < 1.29 is 5.11 Å². The van der Waals surface area contributed by atoms with Crippen LogP contribution in [0.3, 0.4) is 0 Å². The highest BCUT2D eigenvalue weighted by Crippen LogP contribution is 2.31. The Hall–Kier alpha value is -1.10. The zero-order chi connectivity index (χ0) is 13.1. The van der Waals surface area contributed by atoms with Gasteiger partial charge in [-0.25, -0.2) is 9.67 Å². The van der Waals surface area contributed by atoms with E-state index in [0.717, 1.165) is 5.56 Å². The molecule has 0 saturated heterocycles. The Morgan fingerprint density at radius 2 is 2.17 bits per heavy atom. The van der Waals surface area contributed by atoms with Crippen molar-refractivity contribution in [2.75, 3.05) is 0 Å². The molecule has 0 bridgehead atoms. The van der Waals surface area contributed by atoms with E-state index in [1.165, 1.54) is 6.33 Å². The third-order valence-corrected chi connectivity index (χ3v) is 3.35. The number of aliphatic hydroxyl groups excluding tert-OH is 1. The van der Waals surface area contributed by atoms with Crippen LogP contribution in [0, 0.1) is 0 Å². The smallest absolute Gasteiger partial charge is 0.137 e. The van der Waals surface area contributed by atoms with Crippen LogP contribution in [0.5, 0.6) is 0 Å². The van der Waals surface area contributed by atoms with Gasteiger partial charge in [-0.05, 0) is 24.1 Å². The van der Waals surface area contributed by atoms with Crippen LogP contribution in [0.15, 0.2) is 30.9 Å². The SMILES string of the molecule is CCC(O)C(c1ccc(Cl)cc1Cl)n1cncn1. The summed E-state index contributed by atoms with van der Waals surface area (Å²) in [6, 6.07) is 4.85. The molecule has 2 unspecified atom stereocenters. The number of hydrogen-bond donors (Lipinski definition) is 1. The van der Waals surface area contributed by atoms with Gasteiger partial charge < -0.3 is 5.11 Å². The van der Waals surface area contributed by atoms with Crippen molar-refractivity contribution in [3.05, 3.63) is 46.5 Å². The molecule has 1 N–H and O–H groups in total. The first-order valence-electron chi connectivity index (χ1n) is 5.60. The van der Waals surface area contributed by atoms with E-state index in [1.54, 1.807) is 29.2 Å². The van der Waals surface area contributed by atoms with E-state index in [0.29, 0.717) is 16.5 Å². The Balaban J connectivity index is 2.46. The summed E-state index contributed by atoms with van der Waals surface area (Å²) in [6.45, 7) is 1.90. The Morgan fingerprint density at radius 3 is 2.72 bits per heavy atom. The van der Waals surface area contributed by atoms with Crippen molar-refractivity contribution in [1.29, 1.82) is 0 Å². The van der Waals surface area contributed by atoms with Crippen LogP contribution in [0.2, 0.25) is 10.0 Å². The van der Waals surface area contributed by atoms with Gasteiger partial charge in [-0.1, -0.05) is 36.2 Å². The lowest BCUT2D eigenvalue weighted by Crippen LogP contribution is -2.25. The average molecular weight is 286 g/mol. The van der Waals surface area contributed by atoms with Gasteiger partial charge in [0, 0.05) is 10.0 Å². The first kappa shape index (κ1) is 13.3. The molecule has 0 spiro atoms. The lowest BCUT2D eigenvalue weighted by molar-refractivity contribution is 0.120. The largest absolute Gasteiger partial charge is 0.391 e. The zero-order valence-electron chi connectivity index (χ0n) is 9.79. The van der Waals surface area contributed by atoms with Crippen molar-refractivity contribution in [2.45, 2.75) is 25.5 Å². The maximum atomic E-state index is 10.2. The summed E-state index contributed by atoms with van der Waals surface area (Å²) in [6.07, 6.45) is 2.99. The summed E-state index contributed by atoms with van der Waals surface area (Å²) in [5.41, 5.74) is 0.779. The molecule has 0 radical (unpaired) electrons. The van der Waals surface area contributed by atoms with Gasteiger partial charge in [0.15, 0.2) is 0 Å². The predicted octanol–water partition coefficient (Wildman–Crippen LogP) is 2.95. The van der Waals surface area contributed by atoms with E-state index in [9.17, 15) is 5.11 Å². The minimum absolute atomic E-state index is 0.359. The zero-order valence-corrected chi connectivity index (χ0v) is 11.3. The van der Waals surface area contributed by atoms with Crippen molar-refractivity contribution in [2.24, 2.45) is 0 Å². The average Bonchev–Trinajstić information content (AvgIpc) is 2.85. The van der Waals surface area contributed by atoms with Gasteiger partial charge in [0.1, 0.15) is 18.7 Å². The molecule has 0 aliphatic heterocycles. The number of hydrogen-bond acceptors (Lipinski definition) is 3. The summed E-state index contributed by atoms with van der Waals surface area (Å²) in [5.74, 6) is 0. The molecular formula is C12H13Cl2N3O. The van der Waals surface area contributed by atoms with E-state index in [-0.39, 0.29) is 6.04 Å². The molecule has 0 aliphatic rings. The summed E-state index contributed by atoms with van der Waals surface area (Å²) in [4.78, 5) is 3.90. The predicted molar refractivity (Wildman–Crippen MR) is 70.9 cm³/mol. The van der Waals surface area contributed by atoms with Crippen LogP contribution < -0.4 is 0 Å². The maximum Gasteiger partial charge on any atom is 0.137 e. The molecule has 0 fully saturated rings. The highest BCUT2D eigenvalue weighted by molar-refractivity contribution is 6.35. The van der Waals surface area contributed by atoms with Crippen molar-refractivity contribution in [3.8, 4) is 0 Å². The standard InChI is InChI=1S/C12H13Cl2N3O/c1-2-11(18)12(17-7-15-6-16-17)9-4-3-8(13)5-10(9)14/h3-7,11-12,18H,2H2,1H3. The molecule has 0 amide bonds. The van der Waals surface area contributed by atoms with Crippen molar-refractivity contribution >= 4 is 23.2 Å². The second-order valence-corrected chi connectivity index (χ2v) is 4.81. The van der Waals surface area contributed by atoms with Gasteiger partial charge >= 0.3 is 0 Å². The van der Waals surface area contributed by atoms with E-state index in [2.05, 4.69) is 10.1 Å². The fourth-order valence-electron chi connectivity index (χ4n) is 1.85. The second kappa shape index (κ2) is 5.69. The van der Waals surface area contributed by atoms with E-state index < -0.39 is 6.10 Å².